The number of ether oxygens (including phenoxy) is 2. The zero-order valence-electron chi connectivity index (χ0n) is 15.4. The van der Waals surface area contributed by atoms with Crippen LogP contribution in [0, 0.1) is 0 Å². The lowest BCUT2D eigenvalue weighted by molar-refractivity contribution is -0.138. The third-order valence-electron chi connectivity index (χ3n) is 4.40. The molecule has 3 rings (SSSR count). The third kappa shape index (κ3) is 4.10. The van der Waals surface area contributed by atoms with Gasteiger partial charge in [-0.2, -0.15) is 23.1 Å². The fraction of sp³-hybridized carbons (Fsp3) is 0.389. The second-order valence-corrected chi connectivity index (χ2v) is 6.08. The molecule has 0 bridgehead atoms. The molecule has 0 saturated carbocycles. The van der Waals surface area contributed by atoms with Crippen LogP contribution in [0.2, 0.25) is 0 Å². The number of piperazine rings is 1. The summed E-state index contributed by atoms with van der Waals surface area (Å²) in [6, 6.07) is 6.35. The minimum atomic E-state index is -4.58. The molecule has 150 valence electrons. The SMILES string of the molecule is COc1cc(OC)nc(N2CCN(C(=O)c3ccccc3C(F)(F)F)CC2)n1. The molecule has 0 unspecified atom stereocenters. The molecule has 1 aliphatic heterocycles. The van der Waals surface area contributed by atoms with Crippen molar-refractivity contribution in [3.63, 3.8) is 0 Å². The monoisotopic (exact) mass is 396 g/mol. The number of amides is 1. The number of alkyl halides is 3. The van der Waals surface area contributed by atoms with Gasteiger partial charge in [0.15, 0.2) is 0 Å². The molecule has 7 nitrogen and oxygen atoms in total. The number of nitrogens with zero attached hydrogens (tertiary/aromatic N) is 4. The number of halogens is 3. The van der Waals surface area contributed by atoms with Crippen molar-refractivity contribution < 1.29 is 27.4 Å². The molecule has 28 heavy (non-hydrogen) atoms. The predicted octanol–water partition coefficient (Wildman–Crippen LogP) is 2.48. The Balaban J connectivity index is 1.74. The number of rotatable bonds is 4. The van der Waals surface area contributed by atoms with Crippen molar-refractivity contribution in [2.75, 3.05) is 45.3 Å². The molecule has 1 aromatic heterocycles. The molecule has 1 amide bonds. The molecule has 10 heteroatoms. The quantitative estimate of drug-likeness (QED) is 0.791. The smallest absolute Gasteiger partial charge is 0.417 e. The van der Waals surface area contributed by atoms with Crippen molar-refractivity contribution in [2.24, 2.45) is 0 Å². The molecular weight excluding hydrogens is 377 g/mol. The number of aromatic nitrogens is 2. The van der Waals surface area contributed by atoms with E-state index in [1.54, 1.807) is 0 Å². The highest BCUT2D eigenvalue weighted by Crippen LogP contribution is 2.32. The number of hydrogen-bond donors (Lipinski definition) is 0. The first kappa shape index (κ1) is 19.7. The Hall–Kier alpha value is -3.04. The summed E-state index contributed by atoms with van der Waals surface area (Å²) >= 11 is 0. The van der Waals surface area contributed by atoms with Crippen LogP contribution < -0.4 is 14.4 Å². The summed E-state index contributed by atoms with van der Waals surface area (Å²) in [6.45, 7) is 1.23. The van der Waals surface area contributed by atoms with Crippen LogP contribution in [-0.2, 0) is 6.18 Å². The molecular formula is C18H19F3N4O3. The highest BCUT2D eigenvalue weighted by molar-refractivity contribution is 5.96. The topological polar surface area (TPSA) is 67.8 Å². The minimum Gasteiger partial charge on any atom is -0.481 e. The number of benzene rings is 1. The number of carbonyl (C=O) groups excluding carboxylic acids is 1. The molecule has 2 aromatic rings. The van der Waals surface area contributed by atoms with Gasteiger partial charge in [-0.1, -0.05) is 12.1 Å². The molecule has 1 fully saturated rings. The normalized spacial score (nSPS) is 14.8. The second-order valence-electron chi connectivity index (χ2n) is 6.08. The lowest BCUT2D eigenvalue weighted by atomic mass is 10.1. The average molecular weight is 396 g/mol. The van der Waals surface area contributed by atoms with Gasteiger partial charge in [-0.15, -0.1) is 0 Å². The van der Waals surface area contributed by atoms with Crippen LogP contribution in [0.3, 0.4) is 0 Å². The molecule has 1 aliphatic rings. The maximum Gasteiger partial charge on any atom is 0.417 e. The summed E-state index contributed by atoms with van der Waals surface area (Å²) in [5, 5.41) is 0. The Bertz CT molecular complexity index is 830. The second kappa shape index (κ2) is 7.91. The molecule has 1 saturated heterocycles. The van der Waals surface area contributed by atoms with Gasteiger partial charge in [-0.25, -0.2) is 0 Å². The van der Waals surface area contributed by atoms with E-state index in [0.717, 1.165) is 6.07 Å². The van der Waals surface area contributed by atoms with E-state index in [4.69, 9.17) is 9.47 Å². The van der Waals surface area contributed by atoms with Crippen LogP contribution in [0.15, 0.2) is 30.3 Å². The third-order valence-corrected chi connectivity index (χ3v) is 4.40. The Kier molecular flexibility index (Phi) is 5.57. The fourth-order valence-electron chi connectivity index (χ4n) is 2.94. The maximum absolute atomic E-state index is 13.2. The first-order valence-electron chi connectivity index (χ1n) is 8.51. The predicted molar refractivity (Wildman–Crippen MR) is 94.7 cm³/mol. The maximum atomic E-state index is 13.2. The van der Waals surface area contributed by atoms with E-state index in [9.17, 15) is 18.0 Å². The van der Waals surface area contributed by atoms with Gasteiger partial charge in [-0.05, 0) is 12.1 Å². The Morgan fingerprint density at radius 3 is 2.11 bits per heavy atom. The lowest BCUT2D eigenvalue weighted by Crippen LogP contribution is -2.49. The van der Waals surface area contributed by atoms with E-state index in [-0.39, 0.29) is 18.7 Å². The summed E-state index contributed by atoms with van der Waals surface area (Å²) in [5.41, 5.74) is -1.27. The molecule has 0 aliphatic carbocycles. The van der Waals surface area contributed by atoms with Gasteiger partial charge in [0, 0.05) is 26.2 Å². The summed E-state index contributed by atoms with van der Waals surface area (Å²) in [5.74, 6) is 0.398. The Labute approximate surface area is 159 Å². The van der Waals surface area contributed by atoms with E-state index in [1.807, 2.05) is 4.90 Å². The van der Waals surface area contributed by atoms with E-state index in [0.29, 0.717) is 30.8 Å². The van der Waals surface area contributed by atoms with Crippen LogP contribution in [0.4, 0.5) is 19.1 Å². The molecule has 1 aromatic carbocycles. The zero-order chi connectivity index (χ0) is 20.3. The van der Waals surface area contributed by atoms with Crippen LogP contribution >= 0.6 is 0 Å². The van der Waals surface area contributed by atoms with Crippen molar-refractivity contribution in [2.45, 2.75) is 6.18 Å². The lowest BCUT2D eigenvalue weighted by Gasteiger charge is -2.35. The zero-order valence-corrected chi connectivity index (χ0v) is 15.4. The van der Waals surface area contributed by atoms with Crippen LogP contribution in [0.5, 0.6) is 11.8 Å². The van der Waals surface area contributed by atoms with Gasteiger partial charge in [0.2, 0.25) is 17.7 Å². The number of methoxy groups -OCH3 is 2. The first-order chi connectivity index (χ1) is 13.3. The summed E-state index contributed by atoms with van der Waals surface area (Å²) in [4.78, 5) is 24.4. The Morgan fingerprint density at radius 2 is 1.57 bits per heavy atom. The average Bonchev–Trinajstić information content (AvgIpc) is 2.72. The van der Waals surface area contributed by atoms with Gasteiger partial charge >= 0.3 is 6.18 Å². The van der Waals surface area contributed by atoms with Crippen LogP contribution in [0.25, 0.3) is 0 Å². The van der Waals surface area contributed by atoms with Crippen molar-refractivity contribution >= 4 is 11.9 Å². The van der Waals surface area contributed by atoms with Crippen molar-refractivity contribution in [1.82, 2.24) is 14.9 Å². The summed E-state index contributed by atoms with van der Waals surface area (Å²) in [7, 11) is 2.94. The van der Waals surface area contributed by atoms with Gasteiger partial charge < -0.3 is 19.3 Å². The minimum absolute atomic E-state index is 0.244. The largest absolute Gasteiger partial charge is 0.481 e. The highest BCUT2D eigenvalue weighted by Gasteiger charge is 2.36. The van der Waals surface area contributed by atoms with Gasteiger partial charge in [-0.3, -0.25) is 4.79 Å². The molecule has 0 radical (unpaired) electrons. The molecule has 2 heterocycles. The first-order valence-corrected chi connectivity index (χ1v) is 8.51. The van der Waals surface area contributed by atoms with E-state index < -0.39 is 17.6 Å². The molecule has 0 spiro atoms. The standard InChI is InChI=1S/C18H19F3N4O3/c1-27-14-11-15(28-2)23-17(22-14)25-9-7-24(8-10-25)16(26)12-5-3-4-6-13(12)18(19,20)21/h3-6,11H,7-10H2,1-2H3. The fourth-order valence-corrected chi connectivity index (χ4v) is 2.94. The van der Waals surface area contributed by atoms with Crippen LogP contribution in [-0.4, -0.2) is 61.2 Å². The summed E-state index contributed by atoms with van der Waals surface area (Å²) < 4.78 is 49.8. The van der Waals surface area contributed by atoms with Gasteiger partial charge in [0.05, 0.1) is 31.4 Å². The number of carbonyl (C=O) groups is 1. The van der Waals surface area contributed by atoms with Gasteiger partial charge in [0.1, 0.15) is 0 Å². The highest BCUT2D eigenvalue weighted by atomic mass is 19.4. The molecule has 0 atom stereocenters. The number of hydrogen-bond acceptors (Lipinski definition) is 6. The van der Waals surface area contributed by atoms with E-state index >= 15 is 0 Å². The van der Waals surface area contributed by atoms with Crippen molar-refractivity contribution in [1.29, 1.82) is 0 Å². The molecule has 0 N–H and O–H groups in total. The Morgan fingerprint density at radius 1 is 1.00 bits per heavy atom. The van der Waals surface area contributed by atoms with Crippen molar-refractivity contribution in [3.05, 3.63) is 41.5 Å². The van der Waals surface area contributed by atoms with Gasteiger partial charge in [0.25, 0.3) is 5.91 Å². The van der Waals surface area contributed by atoms with Crippen molar-refractivity contribution in [3.8, 4) is 11.8 Å². The summed E-state index contributed by atoms with van der Waals surface area (Å²) in [6.07, 6.45) is -4.58. The van der Waals surface area contributed by atoms with E-state index in [2.05, 4.69) is 9.97 Å². The van der Waals surface area contributed by atoms with Crippen LogP contribution in [0.1, 0.15) is 15.9 Å². The number of anilines is 1. The van der Waals surface area contributed by atoms with E-state index in [1.165, 1.54) is 43.4 Å².